The lowest BCUT2D eigenvalue weighted by Crippen LogP contribution is -2.35. The lowest BCUT2D eigenvalue weighted by atomic mass is 10.4. The Morgan fingerprint density at radius 3 is 2.07 bits per heavy atom. The molecule has 0 aliphatic rings. The summed E-state index contributed by atoms with van der Waals surface area (Å²) in [7, 11) is 5.87. The monoisotopic (exact) mass is 220 g/mol. The third-order valence-electron chi connectivity index (χ3n) is 2.05. The summed E-state index contributed by atoms with van der Waals surface area (Å²) in [5.41, 5.74) is 0. The van der Waals surface area contributed by atoms with Gasteiger partial charge < -0.3 is 9.84 Å². The highest BCUT2D eigenvalue weighted by Crippen LogP contribution is 1.96. The van der Waals surface area contributed by atoms with Crippen molar-refractivity contribution in [3.63, 3.8) is 0 Å². The van der Waals surface area contributed by atoms with Gasteiger partial charge in [-0.3, -0.25) is 10.2 Å². The van der Waals surface area contributed by atoms with E-state index in [9.17, 15) is 0 Å². The molecule has 2 unspecified atom stereocenters. The highest BCUT2D eigenvalue weighted by atomic mass is 16.5. The molecule has 0 aromatic carbocycles. The quantitative estimate of drug-likeness (QED) is 0.661. The number of rotatable bonds is 6. The fourth-order valence-corrected chi connectivity index (χ4v) is 0.643. The van der Waals surface area contributed by atoms with Gasteiger partial charge in [0.1, 0.15) is 12.5 Å². The number of aliphatic hydroxyl groups is 1. The van der Waals surface area contributed by atoms with Gasteiger partial charge in [-0.15, -0.1) is 0 Å². The molecule has 2 N–H and O–H groups in total. The van der Waals surface area contributed by atoms with Gasteiger partial charge in [-0.25, -0.2) is 0 Å². The number of hydrogen-bond acceptors (Lipinski definition) is 4. The van der Waals surface area contributed by atoms with Crippen LogP contribution in [-0.2, 0) is 4.74 Å². The molecule has 0 aromatic rings. The van der Waals surface area contributed by atoms with Crippen LogP contribution in [0.15, 0.2) is 0 Å². The Kier molecular flexibility index (Phi) is 13.7. The van der Waals surface area contributed by atoms with Gasteiger partial charge in [-0.1, -0.05) is 13.3 Å². The van der Waals surface area contributed by atoms with E-state index in [2.05, 4.69) is 12.2 Å². The van der Waals surface area contributed by atoms with Gasteiger partial charge in [-0.05, 0) is 41.4 Å². The second kappa shape index (κ2) is 11.9. The summed E-state index contributed by atoms with van der Waals surface area (Å²) in [6.07, 6.45) is 2.33. The van der Waals surface area contributed by atoms with Crippen molar-refractivity contribution in [1.29, 1.82) is 0 Å². The smallest absolute Gasteiger partial charge is 0.109 e. The zero-order valence-corrected chi connectivity index (χ0v) is 11.1. The number of nitrogens with zero attached hydrogens (tertiary/aromatic N) is 1. The van der Waals surface area contributed by atoms with E-state index in [-0.39, 0.29) is 12.5 Å². The van der Waals surface area contributed by atoms with Crippen LogP contribution in [0.5, 0.6) is 0 Å². The summed E-state index contributed by atoms with van der Waals surface area (Å²) in [6, 6.07) is 0. The molecule has 0 radical (unpaired) electrons. The van der Waals surface area contributed by atoms with Crippen LogP contribution in [0.4, 0.5) is 0 Å². The van der Waals surface area contributed by atoms with E-state index in [4.69, 9.17) is 9.84 Å². The van der Waals surface area contributed by atoms with Crippen molar-refractivity contribution in [2.75, 3.05) is 27.7 Å². The van der Waals surface area contributed by atoms with E-state index in [1.165, 1.54) is 0 Å². The molecule has 94 valence electrons. The first-order valence-electron chi connectivity index (χ1n) is 5.59. The van der Waals surface area contributed by atoms with Crippen LogP contribution in [-0.4, -0.2) is 50.2 Å². The molecular weight excluding hydrogens is 192 g/mol. The van der Waals surface area contributed by atoms with Crippen LogP contribution < -0.4 is 5.32 Å². The van der Waals surface area contributed by atoms with E-state index in [1.54, 1.807) is 0 Å². The highest BCUT2D eigenvalue weighted by molar-refractivity contribution is 4.47. The lowest BCUT2D eigenvalue weighted by Gasteiger charge is -2.23. The fourth-order valence-electron chi connectivity index (χ4n) is 0.643. The Hall–Kier alpha value is -0.160. The van der Waals surface area contributed by atoms with Gasteiger partial charge in [0.25, 0.3) is 0 Å². The van der Waals surface area contributed by atoms with Crippen molar-refractivity contribution in [3.8, 4) is 0 Å². The van der Waals surface area contributed by atoms with Crippen LogP contribution in [0, 0.1) is 0 Å². The number of aliphatic hydroxyl groups excluding tert-OH is 1. The Balaban J connectivity index is 0. The number of hydrogen-bond donors (Lipinski definition) is 2. The average Bonchev–Trinajstić information content (AvgIpc) is 2.19. The van der Waals surface area contributed by atoms with E-state index in [0.29, 0.717) is 6.61 Å². The summed E-state index contributed by atoms with van der Waals surface area (Å²) in [5, 5.41) is 11.1. The van der Waals surface area contributed by atoms with E-state index in [1.807, 2.05) is 39.9 Å². The Labute approximate surface area is 94.6 Å². The van der Waals surface area contributed by atoms with Crippen molar-refractivity contribution in [3.05, 3.63) is 0 Å². The van der Waals surface area contributed by atoms with Crippen LogP contribution in [0.25, 0.3) is 0 Å². The maximum absolute atomic E-state index is 8.07. The summed E-state index contributed by atoms with van der Waals surface area (Å²) < 4.78 is 5.48. The molecule has 4 nitrogen and oxygen atoms in total. The van der Waals surface area contributed by atoms with E-state index in [0.717, 1.165) is 12.8 Å². The van der Waals surface area contributed by atoms with Crippen molar-refractivity contribution < 1.29 is 9.84 Å². The van der Waals surface area contributed by atoms with Crippen LogP contribution in [0.3, 0.4) is 0 Å². The first kappa shape index (κ1) is 17.2. The molecule has 0 saturated carbocycles. The fraction of sp³-hybridized carbons (Fsp3) is 1.00. The van der Waals surface area contributed by atoms with Crippen LogP contribution in [0.2, 0.25) is 0 Å². The van der Waals surface area contributed by atoms with E-state index < -0.39 is 0 Å². The van der Waals surface area contributed by atoms with Crippen molar-refractivity contribution in [2.24, 2.45) is 0 Å². The zero-order chi connectivity index (χ0) is 12.3. The molecule has 0 aliphatic carbocycles. The molecule has 0 spiro atoms. The molecule has 0 saturated heterocycles. The minimum atomic E-state index is 0.123. The van der Waals surface area contributed by atoms with Gasteiger partial charge in [0.05, 0.1) is 0 Å². The maximum Gasteiger partial charge on any atom is 0.109 e. The summed E-state index contributed by atoms with van der Waals surface area (Å²) >= 11 is 0. The van der Waals surface area contributed by atoms with Gasteiger partial charge in [0, 0.05) is 6.61 Å². The Bertz CT molecular complexity index is 119. The van der Waals surface area contributed by atoms with Crippen molar-refractivity contribution in [2.45, 2.75) is 46.1 Å². The second-order valence-electron chi connectivity index (χ2n) is 3.71. The Morgan fingerprint density at radius 1 is 1.33 bits per heavy atom. The van der Waals surface area contributed by atoms with Gasteiger partial charge in [-0.2, -0.15) is 0 Å². The zero-order valence-electron chi connectivity index (χ0n) is 11.1. The highest BCUT2D eigenvalue weighted by Gasteiger charge is 2.07. The number of ether oxygens (including phenoxy) is 1. The topological polar surface area (TPSA) is 44.7 Å². The predicted octanol–water partition coefficient (Wildman–Crippen LogP) is 1.25. The van der Waals surface area contributed by atoms with E-state index >= 15 is 0 Å². The molecule has 0 amide bonds. The molecule has 0 aliphatic heterocycles. The Morgan fingerprint density at radius 2 is 1.87 bits per heavy atom. The molecular formula is C11H28N2O2. The number of nitrogens with one attached hydrogen (secondary N) is 1. The SMILES string of the molecule is CCCCO.CNC(C)OC(C)N(C)C. The second-order valence-corrected chi connectivity index (χ2v) is 3.71. The normalized spacial score (nSPS) is 14.4. The third kappa shape index (κ3) is 13.8. The largest absolute Gasteiger partial charge is 0.396 e. The minimum Gasteiger partial charge on any atom is -0.396 e. The van der Waals surface area contributed by atoms with Crippen LogP contribution in [0.1, 0.15) is 33.6 Å². The van der Waals surface area contributed by atoms with Gasteiger partial charge in [0.15, 0.2) is 0 Å². The molecule has 0 heterocycles. The maximum atomic E-state index is 8.07. The standard InChI is InChI=1S/C7H18N2O.C4H10O/c1-6(8-3)10-7(2)9(4)5;1-2-3-4-5/h6-8H,1-5H3;5H,2-4H2,1H3. The molecule has 0 bridgehead atoms. The summed E-state index contributed by atoms with van der Waals surface area (Å²) in [6.45, 7) is 6.40. The first-order chi connectivity index (χ1) is 6.99. The molecule has 2 atom stereocenters. The van der Waals surface area contributed by atoms with Crippen LogP contribution >= 0.6 is 0 Å². The summed E-state index contributed by atoms with van der Waals surface area (Å²) in [4.78, 5) is 2.02. The molecule has 4 heteroatoms. The third-order valence-corrected chi connectivity index (χ3v) is 2.05. The molecule has 0 fully saturated rings. The molecule has 0 aromatic heterocycles. The lowest BCUT2D eigenvalue weighted by molar-refractivity contribution is -0.0731. The average molecular weight is 220 g/mol. The number of unbranched alkanes of at least 4 members (excludes halogenated alkanes) is 1. The van der Waals surface area contributed by atoms with Gasteiger partial charge >= 0.3 is 0 Å². The first-order valence-corrected chi connectivity index (χ1v) is 5.59. The summed E-state index contributed by atoms with van der Waals surface area (Å²) in [5.74, 6) is 0. The molecule has 0 rings (SSSR count). The van der Waals surface area contributed by atoms with Crippen molar-refractivity contribution in [1.82, 2.24) is 10.2 Å². The van der Waals surface area contributed by atoms with Gasteiger partial charge in [0.2, 0.25) is 0 Å². The molecule has 15 heavy (non-hydrogen) atoms. The van der Waals surface area contributed by atoms with Crippen molar-refractivity contribution >= 4 is 0 Å². The minimum absolute atomic E-state index is 0.123. The predicted molar refractivity (Wildman–Crippen MR) is 64.7 cm³/mol.